The predicted octanol–water partition coefficient (Wildman–Crippen LogP) is 0.659. The molecule has 1 aromatic heterocycles. The van der Waals surface area contributed by atoms with Gasteiger partial charge in [0, 0.05) is 24.7 Å². The Hall–Kier alpha value is -2.77. The number of tetrazole rings is 1. The fourth-order valence-corrected chi connectivity index (χ4v) is 1.87. The molecule has 0 bridgehead atoms. The van der Waals surface area contributed by atoms with Gasteiger partial charge in [0.05, 0.1) is 5.92 Å². The second-order valence-electron chi connectivity index (χ2n) is 4.74. The van der Waals surface area contributed by atoms with Crippen LogP contribution in [-0.4, -0.2) is 56.1 Å². The van der Waals surface area contributed by atoms with Crippen LogP contribution in [0.1, 0.15) is 17.3 Å². The number of carbonyl (C=O) groups is 2. The fraction of sp³-hybridized carbons (Fsp3) is 0.308. The van der Waals surface area contributed by atoms with Crippen LogP contribution in [0.4, 0.5) is 0 Å². The lowest BCUT2D eigenvalue weighted by Crippen LogP contribution is -2.33. The van der Waals surface area contributed by atoms with E-state index in [1.165, 1.54) is 4.90 Å². The molecule has 0 aliphatic heterocycles. The molecule has 0 saturated carbocycles. The highest BCUT2D eigenvalue weighted by Crippen LogP contribution is 2.16. The molecule has 110 valence electrons. The quantitative estimate of drug-likeness (QED) is 0.836. The van der Waals surface area contributed by atoms with Gasteiger partial charge in [0.2, 0.25) is 5.82 Å². The molecule has 1 aromatic carbocycles. The van der Waals surface area contributed by atoms with Crippen LogP contribution >= 0.6 is 0 Å². The van der Waals surface area contributed by atoms with Crippen molar-refractivity contribution >= 4 is 11.9 Å². The number of benzene rings is 1. The molecule has 0 saturated heterocycles. The van der Waals surface area contributed by atoms with Gasteiger partial charge in [-0.3, -0.25) is 9.59 Å². The van der Waals surface area contributed by atoms with Crippen molar-refractivity contribution in [3.05, 3.63) is 29.8 Å². The number of aliphatic carboxylic acids is 1. The molecule has 1 unspecified atom stereocenters. The smallest absolute Gasteiger partial charge is 0.308 e. The summed E-state index contributed by atoms with van der Waals surface area (Å²) in [6.07, 6.45) is 0. The van der Waals surface area contributed by atoms with Crippen molar-refractivity contribution in [2.24, 2.45) is 5.92 Å². The second-order valence-corrected chi connectivity index (χ2v) is 4.74. The molecule has 1 atom stereocenters. The number of nitrogens with zero attached hydrogens (tertiary/aromatic N) is 4. The molecule has 2 aromatic rings. The van der Waals surface area contributed by atoms with E-state index in [-0.39, 0.29) is 12.5 Å². The standard InChI is InChI=1S/C13H15N5O3/c1-8(13(20)21)7-18(2)12(19)10-5-3-4-9(6-10)11-14-16-17-15-11/h3-6,8H,7H2,1-2H3,(H,20,21)(H,14,15,16,17). The summed E-state index contributed by atoms with van der Waals surface area (Å²) >= 11 is 0. The van der Waals surface area contributed by atoms with Crippen LogP contribution in [0.5, 0.6) is 0 Å². The Morgan fingerprint density at radius 1 is 1.43 bits per heavy atom. The largest absolute Gasteiger partial charge is 0.481 e. The lowest BCUT2D eigenvalue weighted by Gasteiger charge is -2.19. The summed E-state index contributed by atoms with van der Waals surface area (Å²) in [5, 5.41) is 22.4. The van der Waals surface area contributed by atoms with Crippen molar-refractivity contribution in [1.29, 1.82) is 0 Å². The Morgan fingerprint density at radius 2 is 2.19 bits per heavy atom. The molecule has 0 aliphatic rings. The topological polar surface area (TPSA) is 112 Å². The Morgan fingerprint density at radius 3 is 2.81 bits per heavy atom. The maximum absolute atomic E-state index is 12.3. The summed E-state index contributed by atoms with van der Waals surface area (Å²) < 4.78 is 0. The Balaban J connectivity index is 2.16. The zero-order valence-corrected chi connectivity index (χ0v) is 11.6. The Kier molecular flexibility index (Phi) is 4.27. The van der Waals surface area contributed by atoms with Gasteiger partial charge in [-0.2, -0.15) is 5.21 Å². The predicted molar refractivity (Wildman–Crippen MR) is 73.4 cm³/mol. The van der Waals surface area contributed by atoms with Crippen molar-refractivity contribution < 1.29 is 14.7 Å². The normalized spacial score (nSPS) is 11.9. The average Bonchev–Trinajstić information content (AvgIpc) is 3.00. The molecule has 1 heterocycles. The van der Waals surface area contributed by atoms with E-state index >= 15 is 0 Å². The number of rotatable bonds is 5. The van der Waals surface area contributed by atoms with Gasteiger partial charge in [0.15, 0.2) is 0 Å². The van der Waals surface area contributed by atoms with E-state index in [0.717, 1.165) is 0 Å². The number of hydrogen-bond acceptors (Lipinski definition) is 5. The summed E-state index contributed by atoms with van der Waals surface area (Å²) in [5.41, 5.74) is 1.10. The number of amides is 1. The van der Waals surface area contributed by atoms with E-state index in [1.54, 1.807) is 38.2 Å². The number of nitrogens with one attached hydrogen (secondary N) is 1. The molecule has 0 aliphatic carbocycles. The Labute approximate surface area is 120 Å². The first-order valence-corrected chi connectivity index (χ1v) is 6.31. The van der Waals surface area contributed by atoms with Crippen molar-refractivity contribution in [3.8, 4) is 11.4 Å². The van der Waals surface area contributed by atoms with Crippen molar-refractivity contribution in [2.45, 2.75) is 6.92 Å². The van der Waals surface area contributed by atoms with Gasteiger partial charge in [0.25, 0.3) is 5.91 Å². The minimum absolute atomic E-state index is 0.139. The van der Waals surface area contributed by atoms with Crippen LogP contribution in [0, 0.1) is 5.92 Å². The molecule has 0 fully saturated rings. The minimum Gasteiger partial charge on any atom is -0.481 e. The van der Waals surface area contributed by atoms with E-state index < -0.39 is 11.9 Å². The Bertz CT molecular complexity index is 641. The zero-order chi connectivity index (χ0) is 15.4. The zero-order valence-electron chi connectivity index (χ0n) is 11.6. The summed E-state index contributed by atoms with van der Waals surface area (Å²) in [5.74, 6) is -1.42. The van der Waals surface area contributed by atoms with Crippen molar-refractivity contribution in [1.82, 2.24) is 25.5 Å². The van der Waals surface area contributed by atoms with Crippen LogP contribution in [0.15, 0.2) is 24.3 Å². The van der Waals surface area contributed by atoms with E-state index in [9.17, 15) is 9.59 Å². The third-order valence-corrected chi connectivity index (χ3v) is 3.03. The van der Waals surface area contributed by atoms with Gasteiger partial charge < -0.3 is 10.0 Å². The van der Waals surface area contributed by atoms with Gasteiger partial charge in [-0.25, -0.2) is 0 Å². The number of aromatic amines is 1. The highest BCUT2D eigenvalue weighted by atomic mass is 16.4. The van der Waals surface area contributed by atoms with Gasteiger partial charge in [-0.05, 0) is 17.3 Å². The number of hydrogen-bond donors (Lipinski definition) is 2. The van der Waals surface area contributed by atoms with Crippen LogP contribution in [0.25, 0.3) is 11.4 Å². The van der Waals surface area contributed by atoms with Gasteiger partial charge in [-0.1, -0.05) is 19.1 Å². The number of carbonyl (C=O) groups excluding carboxylic acids is 1. The first-order chi connectivity index (χ1) is 9.99. The fourth-order valence-electron chi connectivity index (χ4n) is 1.87. The van der Waals surface area contributed by atoms with Crippen molar-refractivity contribution in [3.63, 3.8) is 0 Å². The van der Waals surface area contributed by atoms with Gasteiger partial charge >= 0.3 is 5.97 Å². The summed E-state index contributed by atoms with van der Waals surface area (Å²) in [6, 6.07) is 6.79. The monoisotopic (exact) mass is 289 g/mol. The molecule has 8 nitrogen and oxygen atoms in total. The van der Waals surface area contributed by atoms with Crippen molar-refractivity contribution in [2.75, 3.05) is 13.6 Å². The molecule has 2 rings (SSSR count). The summed E-state index contributed by atoms with van der Waals surface area (Å²) in [6.45, 7) is 1.70. The lowest BCUT2D eigenvalue weighted by atomic mass is 10.1. The molecular weight excluding hydrogens is 274 g/mol. The summed E-state index contributed by atoms with van der Waals surface area (Å²) in [4.78, 5) is 24.5. The van der Waals surface area contributed by atoms with Crippen LogP contribution in [0.2, 0.25) is 0 Å². The highest BCUT2D eigenvalue weighted by molar-refractivity contribution is 5.95. The lowest BCUT2D eigenvalue weighted by molar-refractivity contribution is -0.141. The number of carboxylic acid groups (broad SMARTS) is 1. The second kappa shape index (κ2) is 6.12. The molecule has 0 radical (unpaired) electrons. The molecule has 21 heavy (non-hydrogen) atoms. The number of H-pyrrole nitrogens is 1. The number of aromatic nitrogens is 4. The molecule has 8 heteroatoms. The van der Waals surface area contributed by atoms with Crippen LogP contribution < -0.4 is 0 Å². The van der Waals surface area contributed by atoms with Crippen LogP contribution in [-0.2, 0) is 4.79 Å². The molecule has 0 spiro atoms. The SMILES string of the molecule is CC(CN(C)C(=O)c1cccc(-c2nn[nH]n2)c1)C(=O)O. The van der Waals surface area contributed by atoms with Gasteiger partial charge in [-0.15, -0.1) is 10.2 Å². The van der Waals surface area contributed by atoms with E-state index in [1.807, 2.05) is 0 Å². The number of carboxylic acids is 1. The first kappa shape index (κ1) is 14.6. The maximum Gasteiger partial charge on any atom is 0.308 e. The molecule has 1 amide bonds. The van der Waals surface area contributed by atoms with E-state index in [2.05, 4.69) is 20.6 Å². The summed E-state index contributed by atoms with van der Waals surface area (Å²) in [7, 11) is 1.57. The average molecular weight is 289 g/mol. The first-order valence-electron chi connectivity index (χ1n) is 6.31. The molecule has 2 N–H and O–H groups in total. The minimum atomic E-state index is -0.935. The van der Waals surface area contributed by atoms with E-state index in [4.69, 9.17) is 5.11 Å². The maximum atomic E-state index is 12.3. The highest BCUT2D eigenvalue weighted by Gasteiger charge is 2.19. The van der Waals surface area contributed by atoms with E-state index in [0.29, 0.717) is 17.0 Å². The molecular formula is C13H15N5O3. The third-order valence-electron chi connectivity index (χ3n) is 3.03. The van der Waals surface area contributed by atoms with Crippen LogP contribution in [0.3, 0.4) is 0 Å². The third kappa shape index (κ3) is 3.41. The van der Waals surface area contributed by atoms with Gasteiger partial charge in [0.1, 0.15) is 0 Å².